The summed E-state index contributed by atoms with van der Waals surface area (Å²) in [4.78, 5) is 0. The molecule has 2 aromatic rings. The van der Waals surface area contributed by atoms with Gasteiger partial charge in [0.2, 0.25) is 0 Å². The molecule has 2 rings (SSSR count). The zero-order valence-corrected chi connectivity index (χ0v) is 9.62. The Labute approximate surface area is 94.6 Å². The first-order valence-electron chi connectivity index (χ1n) is 5.47. The Morgan fingerprint density at radius 2 is 2.25 bits per heavy atom. The van der Waals surface area contributed by atoms with Crippen molar-refractivity contribution in [3.63, 3.8) is 0 Å². The lowest BCUT2D eigenvalue weighted by Gasteiger charge is -1.99. The predicted molar refractivity (Wildman–Crippen MR) is 59.9 cm³/mol. The van der Waals surface area contributed by atoms with Gasteiger partial charge < -0.3 is 14.3 Å². The molecule has 0 amide bonds. The lowest BCUT2D eigenvalue weighted by atomic mass is 10.3. The number of aromatic nitrogens is 1. The van der Waals surface area contributed by atoms with E-state index in [0.29, 0.717) is 13.1 Å². The van der Waals surface area contributed by atoms with Crippen LogP contribution in [0.5, 0.6) is 0 Å². The highest BCUT2D eigenvalue weighted by molar-refractivity contribution is 5.14. The summed E-state index contributed by atoms with van der Waals surface area (Å²) >= 11 is 0. The quantitative estimate of drug-likeness (QED) is 0.840. The van der Waals surface area contributed by atoms with Gasteiger partial charge in [-0.1, -0.05) is 12.1 Å². The molecule has 0 fully saturated rings. The lowest BCUT2D eigenvalue weighted by Crippen LogP contribution is -2.12. The van der Waals surface area contributed by atoms with Crippen molar-refractivity contribution in [3.8, 4) is 0 Å². The fourth-order valence-corrected chi connectivity index (χ4v) is 1.49. The van der Waals surface area contributed by atoms with Crippen LogP contribution in [0.2, 0.25) is 0 Å². The fraction of sp³-hybridized carbons (Fsp3) is 0.417. The molecular formula is C12H16N2O2. The van der Waals surface area contributed by atoms with Gasteiger partial charge in [0, 0.05) is 6.07 Å². The van der Waals surface area contributed by atoms with Gasteiger partial charge in [0.05, 0.1) is 25.0 Å². The second-order valence-corrected chi connectivity index (χ2v) is 3.77. The van der Waals surface area contributed by atoms with Crippen LogP contribution in [-0.2, 0) is 19.5 Å². The third-order valence-corrected chi connectivity index (χ3v) is 2.52. The van der Waals surface area contributed by atoms with Crippen molar-refractivity contribution in [2.45, 2.75) is 33.4 Å². The van der Waals surface area contributed by atoms with Crippen LogP contribution in [0.25, 0.3) is 0 Å². The Hall–Kier alpha value is -1.55. The highest BCUT2D eigenvalue weighted by Crippen LogP contribution is 2.09. The van der Waals surface area contributed by atoms with E-state index in [1.807, 2.05) is 19.1 Å². The van der Waals surface area contributed by atoms with E-state index >= 15 is 0 Å². The second kappa shape index (κ2) is 4.99. The summed E-state index contributed by atoms with van der Waals surface area (Å²) in [7, 11) is 0. The SMILES string of the molecule is CCc1cc(CNCc2occc2C)on1. The van der Waals surface area contributed by atoms with Gasteiger partial charge in [0.1, 0.15) is 5.76 Å². The molecule has 1 N–H and O–H groups in total. The highest BCUT2D eigenvalue weighted by atomic mass is 16.5. The standard InChI is InChI=1S/C12H16N2O2/c1-3-10-6-11(16-14-10)7-13-8-12-9(2)4-5-15-12/h4-6,13H,3,7-8H2,1-2H3. The second-order valence-electron chi connectivity index (χ2n) is 3.77. The molecule has 0 aliphatic heterocycles. The Bertz CT molecular complexity index is 445. The van der Waals surface area contributed by atoms with Crippen LogP contribution in [0.3, 0.4) is 0 Å². The van der Waals surface area contributed by atoms with E-state index in [1.54, 1.807) is 6.26 Å². The molecule has 4 nitrogen and oxygen atoms in total. The van der Waals surface area contributed by atoms with Crippen LogP contribution < -0.4 is 5.32 Å². The Morgan fingerprint density at radius 1 is 1.38 bits per heavy atom. The Balaban J connectivity index is 1.82. The van der Waals surface area contributed by atoms with E-state index in [0.717, 1.165) is 23.6 Å². The van der Waals surface area contributed by atoms with Crippen molar-refractivity contribution in [2.75, 3.05) is 0 Å². The Morgan fingerprint density at radius 3 is 2.88 bits per heavy atom. The minimum atomic E-state index is 0.674. The van der Waals surface area contributed by atoms with Crippen LogP contribution >= 0.6 is 0 Å². The van der Waals surface area contributed by atoms with Crippen molar-refractivity contribution >= 4 is 0 Å². The van der Waals surface area contributed by atoms with Gasteiger partial charge in [0.25, 0.3) is 0 Å². The summed E-state index contributed by atoms with van der Waals surface area (Å²) in [5, 5.41) is 7.18. The number of aryl methyl sites for hydroxylation is 2. The minimum Gasteiger partial charge on any atom is -0.468 e. The van der Waals surface area contributed by atoms with Crippen LogP contribution in [0.15, 0.2) is 27.3 Å². The maximum atomic E-state index is 5.32. The summed E-state index contributed by atoms with van der Waals surface area (Å²) in [5.41, 5.74) is 2.16. The lowest BCUT2D eigenvalue weighted by molar-refractivity contribution is 0.364. The summed E-state index contributed by atoms with van der Waals surface area (Å²) in [5.74, 6) is 1.83. The molecule has 0 radical (unpaired) electrons. The van der Waals surface area contributed by atoms with E-state index < -0.39 is 0 Å². The van der Waals surface area contributed by atoms with Crippen LogP contribution in [0, 0.1) is 6.92 Å². The van der Waals surface area contributed by atoms with Crippen LogP contribution in [-0.4, -0.2) is 5.16 Å². The first kappa shape index (κ1) is 11.0. The molecule has 0 aliphatic rings. The molecule has 0 saturated heterocycles. The molecule has 86 valence electrons. The number of rotatable bonds is 5. The smallest absolute Gasteiger partial charge is 0.150 e. The fourth-order valence-electron chi connectivity index (χ4n) is 1.49. The number of nitrogens with zero attached hydrogens (tertiary/aromatic N) is 1. The average Bonchev–Trinajstić information content (AvgIpc) is 2.89. The topological polar surface area (TPSA) is 51.2 Å². The van der Waals surface area contributed by atoms with Crippen molar-refractivity contribution in [1.82, 2.24) is 10.5 Å². The zero-order chi connectivity index (χ0) is 11.4. The van der Waals surface area contributed by atoms with Crippen LogP contribution in [0.1, 0.15) is 29.7 Å². The summed E-state index contributed by atoms with van der Waals surface area (Å²) in [6.45, 7) is 5.47. The number of nitrogens with one attached hydrogen (secondary N) is 1. The summed E-state index contributed by atoms with van der Waals surface area (Å²) in [6, 6.07) is 3.93. The van der Waals surface area contributed by atoms with Gasteiger partial charge in [-0.2, -0.15) is 0 Å². The van der Waals surface area contributed by atoms with E-state index in [1.165, 1.54) is 5.56 Å². The van der Waals surface area contributed by atoms with Crippen molar-refractivity contribution in [2.24, 2.45) is 0 Å². The predicted octanol–water partition coefficient (Wildman–Crippen LogP) is 2.43. The van der Waals surface area contributed by atoms with Gasteiger partial charge in [-0.3, -0.25) is 0 Å². The van der Waals surface area contributed by atoms with E-state index in [4.69, 9.17) is 8.94 Å². The van der Waals surface area contributed by atoms with Gasteiger partial charge in [-0.15, -0.1) is 0 Å². The average molecular weight is 220 g/mol. The molecule has 4 heteroatoms. The monoisotopic (exact) mass is 220 g/mol. The summed E-state index contributed by atoms with van der Waals surface area (Å²) in [6.07, 6.45) is 2.61. The van der Waals surface area contributed by atoms with E-state index in [-0.39, 0.29) is 0 Å². The molecule has 0 atom stereocenters. The number of hydrogen-bond acceptors (Lipinski definition) is 4. The largest absolute Gasteiger partial charge is 0.468 e. The first-order chi connectivity index (χ1) is 7.79. The maximum Gasteiger partial charge on any atom is 0.150 e. The van der Waals surface area contributed by atoms with E-state index in [9.17, 15) is 0 Å². The number of hydrogen-bond donors (Lipinski definition) is 1. The molecular weight excluding hydrogens is 204 g/mol. The first-order valence-corrected chi connectivity index (χ1v) is 5.47. The van der Waals surface area contributed by atoms with Crippen molar-refractivity contribution in [1.29, 1.82) is 0 Å². The molecule has 2 heterocycles. The molecule has 2 aromatic heterocycles. The summed E-state index contributed by atoms with van der Waals surface area (Å²) < 4.78 is 10.5. The molecule has 0 spiro atoms. The van der Waals surface area contributed by atoms with Gasteiger partial charge in [-0.25, -0.2) is 0 Å². The molecule has 0 unspecified atom stereocenters. The highest BCUT2D eigenvalue weighted by Gasteiger charge is 2.04. The van der Waals surface area contributed by atoms with Crippen LogP contribution in [0.4, 0.5) is 0 Å². The zero-order valence-electron chi connectivity index (χ0n) is 9.62. The normalized spacial score (nSPS) is 10.9. The maximum absolute atomic E-state index is 5.32. The molecule has 16 heavy (non-hydrogen) atoms. The number of furan rings is 1. The minimum absolute atomic E-state index is 0.674. The third-order valence-electron chi connectivity index (χ3n) is 2.52. The van der Waals surface area contributed by atoms with Gasteiger partial charge in [-0.05, 0) is 25.0 Å². The molecule has 0 aliphatic carbocycles. The van der Waals surface area contributed by atoms with Crippen molar-refractivity contribution in [3.05, 3.63) is 41.2 Å². The molecule has 0 saturated carbocycles. The Kier molecular flexibility index (Phi) is 3.41. The van der Waals surface area contributed by atoms with E-state index in [2.05, 4.69) is 17.4 Å². The third kappa shape index (κ3) is 2.52. The van der Waals surface area contributed by atoms with Gasteiger partial charge in [0.15, 0.2) is 5.76 Å². The van der Waals surface area contributed by atoms with Gasteiger partial charge >= 0.3 is 0 Å². The van der Waals surface area contributed by atoms with Crippen molar-refractivity contribution < 1.29 is 8.94 Å². The molecule has 0 aromatic carbocycles. The molecule has 0 bridgehead atoms.